The standard InChI is InChI=1S/C16H27N3/c1-18(2)15-9-7-14(8-10-15)16(13-17)19-11-5-3-4-6-12-19/h7-10,16H,3-6,11-13,17H2,1-2H3. The zero-order valence-electron chi connectivity index (χ0n) is 12.3. The van der Waals surface area contributed by atoms with Gasteiger partial charge in [-0.15, -0.1) is 0 Å². The van der Waals surface area contributed by atoms with Gasteiger partial charge in [-0.2, -0.15) is 0 Å². The Kier molecular flexibility index (Phi) is 5.23. The van der Waals surface area contributed by atoms with Gasteiger partial charge in [0.25, 0.3) is 0 Å². The predicted octanol–water partition coefficient (Wildman–Crippen LogP) is 2.63. The van der Waals surface area contributed by atoms with E-state index in [9.17, 15) is 0 Å². The number of benzene rings is 1. The van der Waals surface area contributed by atoms with Crippen molar-refractivity contribution in [1.29, 1.82) is 0 Å². The predicted molar refractivity (Wildman–Crippen MR) is 82.6 cm³/mol. The molecular weight excluding hydrogens is 234 g/mol. The number of hydrogen-bond donors (Lipinski definition) is 1. The normalized spacial score (nSPS) is 18.9. The molecular formula is C16H27N3. The Balaban J connectivity index is 2.11. The average Bonchev–Trinajstić information content (AvgIpc) is 2.69. The van der Waals surface area contributed by atoms with E-state index in [1.54, 1.807) is 0 Å². The average molecular weight is 261 g/mol. The molecule has 0 aliphatic carbocycles. The van der Waals surface area contributed by atoms with Gasteiger partial charge in [0.15, 0.2) is 0 Å². The summed E-state index contributed by atoms with van der Waals surface area (Å²) < 4.78 is 0. The topological polar surface area (TPSA) is 32.5 Å². The molecule has 0 saturated carbocycles. The molecule has 0 amide bonds. The zero-order chi connectivity index (χ0) is 13.7. The van der Waals surface area contributed by atoms with Crippen molar-refractivity contribution in [2.45, 2.75) is 31.7 Å². The first-order valence-corrected chi connectivity index (χ1v) is 7.44. The van der Waals surface area contributed by atoms with E-state index < -0.39 is 0 Å². The summed E-state index contributed by atoms with van der Waals surface area (Å²) >= 11 is 0. The fourth-order valence-electron chi connectivity index (χ4n) is 2.90. The van der Waals surface area contributed by atoms with Crippen molar-refractivity contribution in [2.24, 2.45) is 5.73 Å². The minimum absolute atomic E-state index is 0.384. The highest BCUT2D eigenvalue weighted by atomic mass is 15.2. The third kappa shape index (κ3) is 3.71. The lowest BCUT2D eigenvalue weighted by Gasteiger charge is -2.30. The van der Waals surface area contributed by atoms with Crippen molar-refractivity contribution < 1.29 is 0 Å². The molecule has 1 atom stereocenters. The number of nitrogens with zero attached hydrogens (tertiary/aromatic N) is 2. The maximum atomic E-state index is 6.03. The lowest BCUT2D eigenvalue weighted by molar-refractivity contribution is 0.210. The molecule has 1 aliphatic rings. The van der Waals surface area contributed by atoms with Crippen LogP contribution in [0.2, 0.25) is 0 Å². The number of hydrogen-bond acceptors (Lipinski definition) is 3. The van der Waals surface area contributed by atoms with E-state index in [1.807, 2.05) is 0 Å². The summed E-state index contributed by atoms with van der Waals surface area (Å²) in [6.07, 6.45) is 5.36. The van der Waals surface area contributed by atoms with E-state index in [4.69, 9.17) is 5.73 Å². The molecule has 1 aromatic carbocycles. The van der Waals surface area contributed by atoms with E-state index in [0.29, 0.717) is 12.6 Å². The summed E-state index contributed by atoms with van der Waals surface area (Å²) in [6, 6.07) is 9.23. The van der Waals surface area contributed by atoms with Gasteiger partial charge < -0.3 is 10.6 Å². The van der Waals surface area contributed by atoms with Crippen LogP contribution in [0.15, 0.2) is 24.3 Å². The largest absolute Gasteiger partial charge is 0.378 e. The van der Waals surface area contributed by atoms with Crippen LogP contribution in [0.4, 0.5) is 5.69 Å². The molecule has 2 rings (SSSR count). The smallest absolute Gasteiger partial charge is 0.0470 e. The van der Waals surface area contributed by atoms with Crippen LogP contribution < -0.4 is 10.6 Å². The summed E-state index contributed by atoms with van der Waals surface area (Å²) in [5, 5.41) is 0. The van der Waals surface area contributed by atoms with E-state index >= 15 is 0 Å². The molecule has 1 aromatic rings. The van der Waals surface area contributed by atoms with Crippen molar-refractivity contribution in [3.63, 3.8) is 0 Å². The van der Waals surface area contributed by atoms with Crippen LogP contribution in [0.1, 0.15) is 37.3 Å². The molecule has 0 bridgehead atoms. The Morgan fingerprint density at radius 3 is 2.11 bits per heavy atom. The van der Waals surface area contributed by atoms with Crippen molar-refractivity contribution in [3.8, 4) is 0 Å². The lowest BCUT2D eigenvalue weighted by atomic mass is 10.0. The number of likely N-dealkylation sites (tertiary alicyclic amines) is 1. The summed E-state index contributed by atoms with van der Waals surface area (Å²) in [5.74, 6) is 0. The van der Waals surface area contributed by atoms with Gasteiger partial charge in [0, 0.05) is 32.4 Å². The molecule has 2 N–H and O–H groups in total. The molecule has 1 unspecified atom stereocenters. The third-order valence-electron chi connectivity index (χ3n) is 4.10. The van der Waals surface area contributed by atoms with Crippen LogP contribution >= 0.6 is 0 Å². The lowest BCUT2D eigenvalue weighted by Crippen LogP contribution is -2.34. The molecule has 0 aromatic heterocycles. The van der Waals surface area contributed by atoms with Crippen LogP contribution in [0, 0.1) is 0 Å². The third-order valence-corrected chi connectivity index (χ3v) is 4.10. The second kappa shape index (κ2) is 6.92. The summed E-state index contributed by atoms with van der Waals surface area (Å²) in [5.41, 5.74) is 8.63. The van der Waals surface area contributed by atoms with Gasteiger partial charge in [0.1, 0.15) is 0 Å². The maximum Gasteiger partial charge on any atom is 0.0470 e. The van der Waals surface area contributed by atoms with Crippen molar-refractivity contribution in [1.82, 2.24) is 4.90 Å². The molecule has 1 fully saturated rings. The molecule has 0 spiro atoms. The quantitative estimate of drug-likeness (QED) is 0.904. The second-order valence-electron chi connectivity index (χ2n) is 5.69. The first kappa shape index (κ1) is 14.4. The van der Waals surface area contributed by atoms with Gasteiger partial charge in [-0.3, -0.25) is 4.90 Å². The molecule has 3 nitrogen and oxygen atoms in total. The Bertz CT molecular complexity index is 364. The molecule has 106 valence electrons. The van der Waals surface area contributed by atoms with Gasteiger partial charge in [-0.1, -0.05) is 25.0 Å². The fourth-order valence-corrected chi connectivity index (χ4v) is 2.90. The Hall–Kier alpha value is -1.06. The highest BCUT2D eigenvalue weighted by Gasteiger charge is 2.20. The van der Waals surface area contributed by atoms with Crippen LogP contribution in [0.3, 0.4) is 0 Å². The van der Waals surface area contributed by atoms with Crippen LogP contribution in [-0.2, 0) is 0 Å². The van der Waals surface area contributed by atoms with E-state index in [2.05, 4.69) is 48.2 Å². The summed E-state index contributed by atoms with van der Waals surface area (Å²) in [4.78, 5) is 4.70. The minimum atomic E-state index is 0.384. The molecule has 1 saturated heterocycles. The highest BCUT2D eigenvalue weighted by Crippen LogP contribution is 2.25. The molecule has 0 radical (unpaired) electrons. The number of nitrogens with two attached hydrogens (primary N) is 1. The first-order valence-electron chi connectivity index (χ1n) is 7.44. The zero-order valence-corrected chi connectivity index (χ0v) is 12.3. The van der Waals surface area contributed by atoms with Gasteiger partial charge in [-0.25, -0.2) is 0 Å². The monoisotopic (exact) mass is 261 g/mol. The SMILES string of the molecule is CN(C)c1ccc(C(CN)N2CCCCCC2)cc1. The first-order chi connectivity index (χ1) is 9.22. The highest BCUT2D eigenvalue weighted by molar-refractivity contribution is 5.46. The molecule has 1 heterocycles. The van der Waals surface area contributed by atoms with Gasteiger partial charge in [0.2, 0.25) is 0 Å². The van der Waals surface area contributed by atoms with Crippen molar-refractivity contribution in [2.75, 3.05) is 38.6 Å². The molecule has 3 heteroatoms. The Morgan fingerprint density at radius 1 is 1.05 bits per heavy atom. The maximum absolute atomic E-state index is 6.03. The Labute approximate surface area is 117 Å². The van der Waals surface area contributed by atoms with Gasteiger partial charge >= 0.3 is 0 Å². The van der Waals surface area contributed by atoms with E-state index in [1.165, 1.54) is 50.0 Å². The Morgan fingerprint density at radius 2 is 1.63 bits per heavy atom. The summed E-state index contributed by atoms with van der Waals surface area (Å²) in [7, 11) is 4.15. The van der Waals surface area contributed by atoms with Crippen LogP contribution in [0.25, 0.3) is 0 Å². The molecule has 19 heavy (non-hydrogen) atoms. The van der Waals surface area contributed by atoms with Gasteiger partial charge in [-0.05, 0) is 43.6 Å². The van der Waals surface area contributed by atoms with Crippen molar-refractivity contribution >= 4 is 5.69 Å². The van der Waals surface area contributed by atoms with Gasteiger partial charge in [0.05, 0.1) is 0 Å². The number of rotatable bonds is 4. The minimum Gasteiger partial charge on any atom is -0.378 e. The van der Waals surface area contributed by atoms with Crippen molar-refractivity contribution in [3.05, 3.63) is 29.8 Å². The van der Waals surface area contributed by atoms with E-state index in [0.717, 1.165) is 0 Å². The molecule has 1 aliphatic heterocycles. The summed E-state index contributed by atoms with van der Waals surface area (Å²) in [6.45, 7) is 3.09. The van der Waals surface area contributed by atoms with E-state index in [-0.39, 0.29) is 0 Å². The second-order valence-corrected chi connectivity index (χ2v) is 5.69. The van der Waals surface area contributed by atoms with Crippen LogP contribution in [0.5, 0.6) is 0 Å². The van der Waals surface area contributed by atoms with Crippen LogP contribution in [-0.4, -0.2) is 38.6 Å². The fraction of sp³-hybridized carbons (Fsp3) is 0.625. The number of anilines is 1.